The van der Waals surface area contributed by atoms with Crippen LogP contribution >= 0.6 is 11.3 Å². The molecule has 2 fully saturated rings. The van der Waals surface area contributed by atoms with E-state index in [0.29, 0.717) is 30.5 Å². The van der Waals surface area contributed by atoms with Crippen molar-refractivity contribution in [1.29, 1.82) is 0 Å². The molecule has 2 aliphatic heterocycles. The fourth-order valence-corrected chi connectivity index (χ4v) is 4.68. The second-order valence-electron chi connectivity index (χ2n) is 6.38. The van der Waals surface area contributed by atoms with Crippen LogP contribution in [0.15, 0.2) is 17.5 Å². The first-order valence-corrected chi connectivity index (χ1v) is 9.22. The monoisotopic (exact) mass is 306 g/mol. The van der Waals surface area contributed by atoms with Gasteiger partial charge in [0.15, 0.2) is 0 Å². The molecule has 3 heterocycles. The van der Waals surface area contributed by atoms with E-state index in [4.69, 9.17) is 0 Å². The average Bonchev–Trinajstić information content (AvgIpc) is 3.10. The van der Waals surface area contributed by atoms with Gasteiger partial charge in [-0.1, -0.05) is 6.07 Å². The van der Waals surface area contributed by atoms with Gasteiger partial charge in [0, 0.05) is 36.0 Å². The van der Waals surface area contributed by atoms with Crippen molar-refractivity contribution in [2.75, 3.05) is 6.54 Å². The quantitative estimate of drug-likeness (QED) is 0.875. The second kappa shape index (κ2) is 6.93. The van der Waals surface area contributed by atoms with E-state index in [2.05, 4.69) is 34.7 Å². The fourth-order valence-electron chi connectivity index (χ4n) is 3.93. The number of nitrogens with zero attached hydrogens (tertiary/aromatic N) is 1. The Labute approximate surface area is 131 Å². The Bertz CT molecular complexity index is 447. The SMILES string of the molecule is CCN(C(=O)CCCc1cccs1)C1CC2CCC(C1)N2. The van der Waals surface area contributed by atoms with E-state index in [1.54, 1.807) is 11.3 Å². The molecule has 0 saturated carbocycles. The standard InChI is InChI=1S/C17H26N2OS/c1-2-19(15-11-13-8-9-14(12-15)18-13)17(20)7-3-5-16-6-4-10-21-16/h4,6,10,13-15,18H,2-3,5,7-9,11-12H2,1H3. The van der Waals surface area contributed by atoms with E-state index in [-0.39, 0.29) is 0 Å². The maximum atomic E-state index is 12.5. The summed E-state index contributed by atoms with van der Waals surface area (Å²) in [6.07, 6.45) is 7.62. The topological polar surface area (TPSA) is 32.3 Å². The van der Waals surface area contributed by atoms with Crippen LogP contribution in [0.1, 0.15) is 50.3 Å². The Kier molecular flexibility index (Phi) is 4.96. The smallest absolute Gasteiger partial charge is 0.222 e. The third kappa shape index (κ3) is 3.67. The number of thiophene rings is 1. The molecule has 0 aliphatic carbocycles. The van der Waals surface area contributed by atoms with Crippen molar-refractivity contribution in [2.45, 2.75) is 70.0 Å². The molecular formula is C17H26N2OS. The summed E-state index contributed by atoms with van der Waals surface area (Å²) < 4.78 is 0. The lowest BCUT2D eigenvalue weighted by atomic mass is 9.97. The highest BCUT2D eigenvalue weighted by Gasteiger charge is 2.36. The molecule has 4 heteroatoms. The highest BCUT2D eigenvalue weighted by Crippen LogP contribution is 2.30. The zero-order valence-electron chi connectivity index (χ0n) is 12.9. The molecule has 1 aromatic heterocycles. The minimum absolute atomic E-state index is 0.361. The van der Waals surface area contributed by atoms with Crippen LogP contribution in [0.25, 0.3) is 0 Å². The predicted molar refractivity (Wildman–Crippen MR) is 87.6 cm³/mol. The van der Waals surface area contributed by atoms with Crippen molar-refractivity contribution in [3.05, 3.63) is 22.4 Å². The van der Waals surface area contributed by atoms with Crippen LogP contribution < -0.4 is 5.32 Å². The number of hydrogen-bond donors (Lipinski definition) is 1. The van der Waals surface area contributed by atoms with Gasteiger partial charge in [-0.3, -0.25) is 4.79 Å². The van der Waals surface area contributed by atoms with Crippen LogP contribution in [0.4, 0.5) is 0 Å². The third-order valence-corrected chi connectivity index (χ3v) is 5.88. The molecule has 116 valence electrons. The Morgan fingerprint density at radius 2 is 2.14 bits per heavy atom. The average molecular weight is 306 g/mol. The second-order valence-corrected chi connectivity index (χ2v) is 7.41. The van der Waals surface area contributed by atoms with Crippen molar-refractivity contribution in [3.8, 4) is 0 Å². The molecule has 3 rings (SSSR count). The molecule has 21 heavy (non-hydrogen) atoms. The molecule has 0 aromatic carbocycles. The summed E-state index contributed by atoms with van der Waals surface area (Å²) in [5.74, 6) is 0.361. The minimum atomic E-state index is 0.361. The lowest BCUT2D eigenvalue weighted by molar-refractivity contribution is -0.134. The zero-order chi connectivity index (χ0) is 14.7. The van der Waals surface area contributed by atoms with Crippen LogP contribution in [-0.4, -0.2) is 35.5 Å². The number of nitrogens with one attached hydrogen (secondary N) is 1. The van der Waals surface area contributed by atoms with Crippen LogP contribution in [0.2, 0.25) is 0 Å². The van der Waals surface area contributed by atoms with Crippen molar-refractivity contribution in [3.63, 3.8) is 0 Å². The van der Waals surface area contributed by atoms with E-state index >= 15 is 0 Å². The summed E-state index contributed by atoms with van der Waals surface area (Å²) >= 11 is 1.79. The fraction of sp³-hybridized carbons (Fsp3) is 0.706. The van der Waals surface area contributed by atoms with Gasteiger partial charge in [0.05, 0.1) is 0 Å². The lowest BCUT2D eigenvalue weighted by Gasteiger charge is -2.37. The summed E-state index contributed by atoms with van der Waals surface area (Å²) in [6, 6.07) is 6.04. The summed E-state index contributed by atoms with van der Waals surface area (Å²) in [6.45, 7) is 2.99. The number of amides is 1. The lowest BCUT2D eigenvalue weighted by Crippen LogP contribution is -2.50. The molecule has 2 unspecified atom stereocenters. The van der Waals surface area contributed by atoms with Gasteiger partial charge in [-0.25, -0.2) is 0 Å². The van der Waals surface area contributed by atoms with Crippen LogP contribution in [0.5, 0.6) is 0 Å². The number of carbonyl (C=O) groups excluding carboxylic acids is 1. The summed E-state index contributed by atoms with van der Waals surface area (Å²) in [7, 11) is 0. The van der Waals surface area contributed by atoms with E-state index in [1.807, 2.05) is 0 Å². The van der Waals surface area contributed by atoms with Gasteiger partial charge in [-0.05, 0) is 56.9 Å². The first-order chi connectivity index (χ1) is 10.3. The van der Waals surface area contributed by atoms with Gasteiger partial charge < -0.3 is 10.2 Å². The van der Waals surface area contributed by atoms with Crippen LogP contribution in [0.3, 0.4) is 0 Å². The number of aryl methyl sites for hydroxylation is 1. The zero-order valence-corrected chi connectivity index (χ0v) is 13.7. The number of fused-ring (bicyclic) bond motifs is 2. The number of hydrogen-bond acceptors (Lipinski definition) is 3. The van der Waals surface area contributed by atoms with Gasteiger partial charge in [0.2, 0.25) is 5.91 Å². The normalized spacial score (nSPS) is 27.8. The molecule has 3 nitrogen and oxygen atoms in total. The van der Waals surface area contributed by atoms with Gasteiger partial charge in [-0.15, -0.1) is 11.3 Å². The first-order valence-electron chi connectivity index (χ1n) is 8.34. The molecular weight excluding hydrogens is 280 g/mol. The predicted octanol–water partition coefficient (Wildman–Crippen LogP) is 3.20. The molecule has 2 saturated heterocycles. The summed E-state index contributed by atoms with van der Waals surface area (Å²) in [4.78, 5) is 16.1. The van der Waals surface area contributed by atoms with Crippen LogP contribution in [-0.2, 0) is 11.2 Å². The molecule has 2 atom stereocenters. The van der Waals surface area contributed by atoms with Crippen molar-refractivity contribution in [2.24, 2.45) is 0 Å². The highest BCUT2D eigenvalue weighted by molar-refractivity contribution is 7.09. The van der Waals surface area contributed by atoms with Gasteiger partial charge >= 0.3 is 0 Å². The number of piperidine rings is 1. The number of rotatable bonds is 6. The minimum Gasteiger partial charge on any atom is -0.340 e. The van der Waals surface area contributed by atoms with Crippen molar-refractivity contribution < 1.29 is 4.79 Å². The largest absolute Gasteiger partial charge is 0.340 e. The van der Waals surface area contributed by atoms with E-state index < -0.39 is 0 Å². The Hall–Kier alpha value is -0.870. The molecule has 0 radical (unpaired) electrons. The van der Waals surface area contributed by atoms with Gasteiger partial charge in [0.1, 0.15) is 0 Å². The van der Waals surface area contributed by atoms with E-state index in [9.17, 15) is 4.79 Å². The van der Waals surface area contributed by atoms with Crippen LogP contribution in [0, 0.1) is 0 Å². The molecule has 1 aromatic rings. The first kappa shape index (κ1) is 15.0. The van der Waals surface area contributed by atoms with Crippen molar-refractivity contribution in [1.82, 2.24) is 10.2 Å². The van der Waals surface area contributed by atoms with Gasteiger partial charge in [0.25, 0.3) is 0 Å². The molecule has 2 aliphatic rings. The van der Waals surface area contributed by atoms with E-state index in [1.165, 1.54) is 17.7 Å². The Morgan fingerprint density at radius 1 is 1.38 bits per heavy atom. The van der Waals surface area contributed by atoms with E-state index in [0.717, 1.165) is 32.2 Å². The Balaban J connectivity index is 1.49. The third-order valence-electron chi connectivity index (χ3n) is 4.94. The number of carbonyl (C=O) groups is 1. The molecule has 2 bridgehead atoms. The maximum Gasteiger partial charge on any atom is 0.222 e. The van der Waals surface area contributed by atoms with Gasteiger partial charge in [-0.2, -0.15) is 0 Å². The molecule has 1 N–H and O–H groups in total. The maximum absolute atomic E-state index is 12.5. The molecule has 0 spiro atoms. The molecule has 1 amide bonds. The van der Waals surface area contributed by atoms with Crippen molar-refractivity contribution >= 4 is 17.2 Å². The summed E-state index contributed by atoms with van der Waals surface area (Å²) in [5, 5.41) is 5.77. The highest BCUT2D eigenvalue weighted by atomic mass is 32.1. The Morgan fingerprint density at radius 3 is 2.76 bits per heavy atom. The summed E-state index contributed by atoms with van der Waals surface area (Å²) in [5.41, 5.74) is 0.